The van der Waals surface area contributed by atoms with Gasteiger partial charge in [0.15, 0.2) is 0 Å². The topological polar surface area (TPSA) is 43.4 Å². The second kappa shape index (κ2) is 18.4. The smallest absolute Gasteiger partial charge is 0.215 e. The van der Waals surface area contributed by atoms with E-state index in [0.29, 0.717) is 38.5 Å². The molecule has 0 saturated heterocycles. The number of alkyl halides is 9. The van der Waals surface area contributed by atoms with Crippen molar-refractivity contribution in [3.05, 3.63) is 0 Å². The van der Waals surface area contributed by atoms with Gasteiger partial charge in [0.05, 0.1) is 0 Å². The lowest BCUT2D eigenvalue weighted by atomic mass is 10.1. The van der Waals surface area contributed by atoms with E-state index in [0.717, 1.165) is 70.6 Å². The van der Waals surface area contributed by atoms with Crippen LogP contribution in [0.4, 0.5) is 39.5 Å². The second-order valence-electron chi connectivity index (χ2n) is 10.7. The first-order chi connectivity index (χ1) is 18.9. The maximum absolute atomic E-state index is 14.7. The Balaban J connectivity index is 6.25. The van der Waals surface area contributed by atoms with Crippen LogP contribution in [0, 0.1) is 0 Å². The quantitative estimate of drug-likeness (QED) is 0.0725. The highest BCUT2D eigenvalue weighted by atomic mass is 32.3. The molecule has 41 heavy (non-hydrogen) atoms. The van der Waals surface area contributed by atoms with Crippen LogP contribution in [-0.4, -0.2) is 49.0 Å². The Hall–Kier alpha value is -0.370. The summed E-state index contributed by atoms with van der Waals surface area (Å²) in [6.07, 6.45) is 5.21. The fourth-order valence-corrected chi connectivity index (χ4v) is 10.3. The Morgan fingerprint density at radius 2 is 0.756 bits per heavy atom. The summed E-state index contributed by atoms with van der Waals surface area (Å²) in [6.45, 7) is 5.97. The van der Waals surface area contributed by atoms with E-state index in [1.807, 2.05) is 20.8 Å². The van der Waals surface area contributed by atoms with Crippen LogP contribution in [0.1, 0.15) is 130 Å². The summed E-state index contributed by atoms with van der Waals surface area (Å²) in [5.41, 5.74) is 0. The first-order valence-corrected chi connectivity index (χ1v) is 18.3. The average molecular weight is 657 g/mol. The molecular formula is C27H49F9O3S2. The van der Waals surface area contributed by atoms with Crippen LogP contribution in [-0.2, 0) is 13.7 Å². The van der Waals surface area contributed by atoms with E-state index < -0.39 is 43.7 Å². The molecule has 0 aromatic carbocycles. The van der Waals surface area contributed by atoms with Gasteiger partial charge in [0.1, 0.15) is 0 Å². The van der Waals surface area contributed by atoms with Crippen molar-refractivity contribution in [2.45, 2.75) is 153 Å². The fourth-order valence-electron chi connectivity index (χ4n) is 4.42. The standard InChI is InChI=1S/C27H49F9O3S2/c1-4-7-10-13-16-19-22-40(21-18-15-12-9-6-3,23-20-17-14-11-8-5-2)39-41(37,38)27(35,36)25(30,31)24(28,29)26(32,33)34/h4-23H2,1-3H3. The fraction of sp³-hybridized carbons (Fsp3) is 1.00. The SMILES string of the molecule is CCCCCCCCS(CCCCCCC)(CCCCCCCC)OS(=O)(=O)C(F)(F)C(F)(F)C(F)(F)C(F)(F)F. The van der Waals surface area contributed by atoms with Crippen molar-refractivity contribution in [2.24, 2.45) is 0 Å². The number of rotatable bonds is 25. The van der Waals surface area contributed by atoms with E-state index >= 15 is 0 Å². The first-order valence-electron chi connectivity index (χ1n) is 14.8. The number of hydrogen-bond donors (Lipinski definition) is 0. The molecule has 0 heterocycles. The summed E-state index contributed by atoms with van der Waals surface area (Å²) in [6, 6.07) is 0. The third-order valence-electron chi connectivity index (χ3n) is 7.02. The highest BCUT2D eigenvalue weighted by Gasteiger charge is 2.86. The van der Waals surface area contributed by atoms with Gasteiger partial charge in [0, 0.05) is 17.3 Å². The Morgan fingerprint density at radius 3 is 1.05 bits per heavy atom. The second-order valence-corrected chi connectivity index (χ2v) is 15.8. The van der Waals surface area contributed by atoms with E-state index in [-0.39, 0.29) is 17.3 Å². The van der Waals surface area contributed by atoms with Crippen molar-refractivity contribution >= 4 is 20.4 Å². The minimum Gasteiger partial charge on any atom is -0.215 e. The van der Waals surface area contributed by atoms with Gasteiger partial charge in [0.2, 0.25) is 0 Å². The van der Waals surface area contributed by atoms with Crippen LogP contribution in [0.5, 0.6) is 0 Å². The zero-order valence-electron chi connectivity index (χ0n) is 24.6. The molecule has 0 radical (unpaired) electrons. The Kier molecular flexibility index (Phi) is 18.3. The third-order valence-corrected chi connectivity index (χ3v) is 12.9. The van der Waals surface area contributed by atoms with Gasteiger partial charge in [-0.2, -0.15) is 47.9 Å². The van der Waals surface area contributed by atoms with E-state index in [4.69, 9.17) is 3.63 Å². The van der Waals surface area contributed by atoms with Crippen molar-refractivity contribution in [3.8, 4) is 0 Å². The summed E-state index contributed by atoms with van der Waals surface area (Å²) in [4.78, 5) is 0. The van der Waals surface area contributed by atoms with Gasteiger partial charge in [-0.1, -0.05) is 111 Å². The van der Waals surface area contributed by atoms with E-state index in [1.165, 1.54) is 0 Å². The lowest BCUT2D eigenvalue weighted by Gasteiger charge is -2.41. The zero-order chi connectivity index (χ0) is 31.8. The average Bonchev–Trinajstić information content (AvgIpc) is 2.86. The number of hydrogen-bond acceptors (Lipinski definition) is 3. The largest absolute Gasteiger partial charge is 0.460 e. The molecule has 250 valence electrons. The van der Waals surface area contributed by atoms with Crippen LogP contribution in [0.3, 0.4) is 0 Å². The molecule has 0 aromatic heterocycles. The summed E-state index contributed by atoms with van der Waals surface area (Å²) in [5, 5.41) is -6.82. The molecule has 0 amide bonds. The highest BCUT2D eigenvalue weighted by molar-refractivity contribution is 8.33. The predicted octanol–water partition coefficient (Wildman–Crippen LogP) is 11.2. The molecule has 0 aliphatic rings. The van der Waals surface area contributed by atoms with E-state index in [9.17, 15) is 47.9 Å². The monoisotopic (exact) mass is 656 g/mol. The normalized spacial score (nSPS) is 14.5. The van der Waals surface area contributed by atoms with Gasteiger partial charge >= 0.3 is 33.4 Å². The minimum atomic E-state index is -7.31. The van der Waals surface area contributed by atoms with Crippen molar-refractivity contribution in [2.75, 3.05) is 17.3 Å². The molecule has 0 aliphatic carbocycles. The van der Waals surface area contributed by atoms with Crippen molar-refractivity contribution in [1.29, 1.82) is 0 Å². The van der Waals surface area contributed by atoms with Crippen LogP contribution in [0.15, 0.2) is 0 Å². The molecule has 0 N–H and O–H groups in total. The van der Waals surface area contributed by atoms with Gasteiger partial charge in [0.25, 0.3) is 0 Å². The van der Waals surface area contributed by atoms with Crippen molar-refractivity contribution in [1.82, 2.24) is 0 Å². The lowest BCUT2D eigenvalue weighted by molar-refractivity contribution is -0.382. The summed E-state index contributed by atoms with van der Waals surface area (Å²) >= 11 is 0. The zero-order valence-corrected chi connectivity index (χ0v) is 26.2. The molecule has 0 unspecified atom stereocenters. The summed E-state index contributed by atoms with van der Waals surface area (Å²) < 4.78 is 153. The van der Waals surface area contributed by atoms with Gasteiger partial charge in [-0.15, -0.1) is 10.3 Å². The lowest BCUT2D eigenvalue weighted by Crippen LogP contribution is -2.63. The van der Waals surface area contributed by atoms with Crippen LogP contribution in [0.2, 0.25) is 0 Å². The molecule has 14 heteroatoms. The Labute approximate surface area is 242 Å². The van der Waals surface area contributed by atoms with Gasteiger partial charge in [-0.25, -0.2) is 3.63 Å². The van der Waals surface area contributed by atoms with Gasteiger partial charge in [-0.3, -0.25) is 0 Å². The molecule has 0 saturated carbocycles. The Bertz CT molecular complexity index is 788. The van der Waals surface area contributed by atoms with E-state index in [1.54, 1.807) is 0 Å². The molecule has 0 bridgehead atoms. The van der Waals surface area contributed by atoms with Crippen LogP contribution in [0.25, 0.3) is 0 Å². The molecule has 0 aromatic rings. The molecule has 0 fully saturated rings. The van der Waals surface area contributed by atoms with Crippen LogP contribution >= 0.6 is 10.3 Å². The molecule has 0 aliphatic heterocycles. The molecule has 0 atom stereocenters. The van der Waals surface area contributed by atoms with Crippen molar-refractivity contribution < 1.29 is 51.6 Å². The van der Waals surface area contributed by atoms with Gasteiger partial charge < -0.3 is 0 Å². The highest BCUT2D eigenvalue weighted by Crippen LogP contribution is 2.60. The third kappa shape index (κ3) is 12.3. The molecule has 0 spiro atoms. The van der Waals surface area contributed by atoms with Crippen LogP contribution < -0.4 is 0 Å². The predicted molar refractivity (Wildman–Crippen MR) is 149 cm³/mol. The maximum atomic E-state index is 14.7. The van der Waals surface area contributed by atoms with Crippen molar-refractivity contribution in [3.63, 3.8) is 0 Å². The summed E-state index contributed by atoms with van der Waals surface area (Å²) in [5.74, 6) is -14.7. The van der Waals surface area contributed by atoms with Gasteiger partial charge in [-0.05, 0) is 19.3 Å². The number of halogens is 9. The van der Waals surface area contributed by atoms with E-state index in [2.05, 4.69) is 0 Å². The minimum absolute atomic E-state index is 0.0432. The first kappa shape index (κ1) is 40.6. The molecular weight excluding hydrogens is 607 g/mol. The molecule has 0 rings (SSSR count). The Morgan fingerprint density at radius 1 is 0.463 bits per heavy atom. The maximum Gasteiger partial charge on any atom is 0.460 e. The number of unbranched alkanes of at least 4 members (excludes halogenated alkanes) is 14. The summed E-state index contributed by atoms with van der Waals surface area (Å²) in [7, 11) is -9.97. The molecule has 3 nitrogen and oxygen atoms in total.